The van der Waals surface area contributed by atoms with E-state index in [9.17, 15) is 4.79 Å². The molecule has 0 radical (unpaired) electrons. The van der Waals surface area contributed by atoms with Crippen molar-refractivity contribution in [2.24, 2.45) is 0 Å². The predicted octanol–water partition coefficient (Wildman–Crippen LogP) is 5.36. The van der Waals surface area contributed by atoms with Crippen molar-refractivity contribution >= 4 is 33.4 Å². The van der Waals surface area contributed by atoms with E-state index in [0.717, 1.165) is 26.3 Å². The molecule has 0 atom stereocenters. The minimum atomic E-state index is -0.375. The van der Waals surface area contributed by atoms with Crippen molar-refractivity contribution in [2.75, 3.05) is 20.3 Å². The Morgan fingerprint density at radius 3 is 2.75 bits per heavy atom. The minimum absolute atomic E-state index is 0.240. The number of benzene rings is 2. The Bertz CT molecular complexity index is 901. The van der Waals surface area contributed by atoms with Gasteiger partial charge in [-0.2, -0.15) is 0 Å². The summed E-state index contributed by atoms with van der Waals surface area (Å²) in [5.74, 6) is 0. The van der Waals surface area contributed by atoms with E-state index in [2.05, 4.69) is 20.9 Å². The zero-order valence-corrected chi connectivity index (χ0v) is 17.9. The Morgan fingerprint density at radius 1 is 1.18 bits per heavy atom. The van der Waals surface area contributed by atoms with Crippen LogP contribution in [-0.4, -0.2) is 36.2 Å². The lowest BCUT2D eigenvalue weighted by atomic mass is 10.2. The van der Waals surface area contributed by atoms with Crippen molar-refractivity contribution in [1.29, 1.82) is 0 Å². The third kappa shape index (κ3) is 5.89. The molecule has 0 saturated heterocycles. The molecular weight excluding hydrogens is 440 g/mol. The second kappa shape index (κ2) is 10.4. The van der Waals surface area contributed by atoms with E-state index in [1.807, 2.05) is 60.0 Å². The van der Waals surface area contributed by atoms with Crippen LogP contribution in [0, 0.1) is 0 Å². The first-order valence-corrected chi connectivity index (χ1v) is 10.5. The highest BCUT2D eigenvalue weighted by Gasteiger charge is 2.17. The van der Waals surface area contributed by atoms with Gasteiger partial charge in [0.05, 0.1) is 18.8 Å². The molecule has 3 aromatic rings. The molecule has 1 amide bonds. The summed E-state index contributed by atoms with van der Waals surface area (Å²) in [6, 6.07) is 17.6. The van der Waals surface area contributed by atoms with E-state index in [-0.39, 0.29) is 12.7 Å². The van der Waals surface area contributed by atoms with Gasteiger partial charge in [0.1, 0.15) is 11.6 Å². The SMILES string of the molecule is COCCN(Cc1nc(-c2cccc(Br)c2)cs1)C(=O)OCc1ccccc1. The van der Waals surface area contributed by atoms with Gasteiger partial charge >= 0.3 is 6.09 Å². The van der Waals surface area contributed by atoms with Crippen molar-refractivity contribution in [3.63, 3.8) is 0 Å². The highest BCUT2D eigenvalue weighted by atomic mass is 79.9. The van der Waals surface area contributed by atoms with Crippen molar-refractivity contribution in [1.82, 2.24) is 9.88 Å². The number of methoxy groups -OCH3 is 1. The van der Waals surface area contributed by atoms with Gasteiger partial charge in [-0.05, 0) is 17.7 Å². The Morgan fingerprint density at radius 2 is 2.00 bits per heavy atom. The number of amides is 1. The Kier molecular flexibility index (Phi) is 7.59. The van der Waals surface area contributed by atoms with Crippen LogP contribution in [0.4, 0.5) is 4.79 Å². The van der Waals surface area contributed by atoms with Crippen molar-refractivity contribution < 1.29 is 14.3 Å². The molecule has 0 saturated carbocycles. The van der Waals surface area contributed by atoms with Crippen molar-refractivity contribution in [3.05, 3.63) is 75.0 Å². The van der Waals surface area contributed by atoms with E-state index in [0.29, 0.717) is 19.7 Å². The first kappa shape index (κ1) is 20.5. The number of ether oxygens (including phenoxy) is 2. The topological polar surface area (TPSA) is 51.7 Å². The van der Waals surface area contributed by atoms with Crippen molar-refractivity contribution in [3.8, 4) is 11.3 Å². The second-order valence-corrected chi connectivity index (χ2v) is 7.95. The molecule has 0 spiro atoms. The summed E-state index contributed by atoms with van der Waals surface area (Å²) < 4.78 is 11.6. The van der Waals surface area contributed by atoms with Crippen LogP contribution in [0.1, 0.15) is 10.6 Å². The van der Waals surface area contributed by atoms with Crippen LogP contribution in [0.5, 0.6) is 0 Å². The third-order valence-corrected chi connectivity index (χ3v) is 5.35. The summed E-state index contributed by atoms with van der Waals surface area (Å²) in [4.78, 5) is 18.9. The van der Waals surface area contributed by atoms with Gasteiger partial charge in [0, 0.05) is 29.1 Å². The number of rotatable bonds is 8. The van der Waals surface area contributed by atoms with E-state index >= 15 is 0 Å². The molecule has 146 valence electrons. The average molecular weight is 461 g/mol. The molecule has 0 unspecified atom stereocenters. The van der Waals surface area contributed by atoms with E-state index in [1.54, 1.807) is 12.0 Å². The largest absolute Gasteiger partial charge is 0.445 e. The number of thiazole rings is 1. The van der Waals surface area contributed by atoms with Crippen LogP contribution in [0.25, 0.3) is 11.3 Å². The number of halogens is 1. The van der Waals surface area contributed by atoms with Crippen LogP contribution in [0.15, 0.2) is 64.5 Å². The maximum absolute atomic E-state index is 12.6. The number of hydrogen-bond donors (Lipinski definition) is 0. The molecule has 2 aromatic carbocycles. The summed E-state index contributed by atoms with van der Waals surface area (Å²) in [5.41, 5.74) is 2.88. The van der Waals surface area contributed by atoms with Crippen LogP contribution < -0.4 is 0 Å². The molecular formula is C21H21BrN2O3S. The molecule has 5 nitrogen and oxygen atoms in total. The summed E-state index contributed by atoms with van der Waals surface area (Å²) in [7, 11) is 1.61. The van der Waals surface area contributed by atoms with Gasteiger partial charge in [0.15, 0.2) is 0 Å². The Balaban J connectivity index is 1.65. The van der Waals surface area contributed by atoms with Gasteiger partial charge in [-0.15, -0.1) is 11.3 Å². The fraction of sp³-hybridized carbons (Fsp3) is 0.238. The number of carbonyl (C=O) groups is 1. The number of nitrogens with zero attached hydrogens (tertiary/aromatic N) is 2. The molecule has 28 heavy (non-hydrogen) atoms. The normalized spacial score (nSPS) is 10.6. The van der Waals surface area contributed by atoms with E-state index in [1.165, 1.54) is 11.3 Å². The van der Waals surface area contributed by atoms with Crippen LogP contribution >= 0.6 is 27.3 Å². The highest BCUT2D eigenvalue weighted by Crippen LogP contribution is 2.25. The minimum Gasteiger partial charge on any atom is -0.445 e. The summed E-state index contributed by atoms with van der Waals surface area (Å²) >= 11 is 5.01. The predicted molar refractivity (Wildman–Crippen MR) is 114 cm³/mol. The first-order chi connectivity index (χ1) is 13.7. The molecule has 0 aliphatic carbocycles. The number of hydrogen-bond acceptors (Lipinski definition) is 5. The Hall–Kier alpha value is -2.22. The summed E-state index contributed by atoms with van der Waals surface area (Å²) in [6.45, 7) is 1.50. The lowest BCUT2D eigenvalue weighted by Crippen LogP contribution is -2.33. The van der Waals surface area contributed by atoms with Crippen molar-refractivity contribution in [2.45, 2.75) is 13.2 Å². The van der Waals surface area contributed by atoms with E-state index in [4.69, 9.17) is 9.47 Å². The summed E-state index contributed by atoms with van der Waals surface area (Å²) in [6.07, 6.45) is -0.375. The zero-order chi connectivity index (χ0) is 19.8. The lowest BCUT2D eigenvalue weighted by Gasteiger charge is -2.20. The smallest absolute Gasteiger partial charge is 0.410 e. The van der Waals surface area contributed by atoms with Gasteiger partial charge in [-0.25, -0.2) is 9.78 Å². The molecule has 1 aromatic heterocycles. The molecule has 0 aliphatic rings. The number of aromatic nitrogens is 1. The maximum Gasteiger partial charge on any atom is 0.410 e. The lowest BCUT2D eigenvalue weighted by molar-refractivity contribution is 0.0796. The van der Waals surface area contributed by atoms with Gasteiger partial charge in [0.2, 0.25) is 0 Å². The molecule has 0 N–H and O–H groups in total. The van der Waals surface area contributed by atoms with Gasteiger partial charge in [-0.1, -0.05) is 58.4 Å². The zero-order valence-electron chi connectivity index (χ0n) is 15.5. The van der Waals surface area contributed by atoms with Crippen LogP contribution in [-0.2, 0) is 22.6 Å². The first-order valence-electron chi connectivity index (χ1n) is 8.80. The fourth-order valence-corrected chi connectivity index (χ4v) is 3.79. The highest BCUT2D eigenvalue weighted by molar-refractivity contribution is 9.10. The molecule has 0 bridgehead atoms. The molecule has 1 heterocycles. The monoisotopic (exact) mass is 460 g/mol. The van der Waals surface area contributed by atoms with Gasteiger partial charge < -0.3 is 9.47 Å². The third-order valence-electron chi connectivity index (χ3n) is 4.03. The van der Waals surface area contributed by atoms with Crippen LogP contribution in [0.2, 0.25) is 0 Å². The molecule has 7 heteroatoms. The van der Waals surface area contributed by atoms with Crippen LogP contribution in [0.3, 0.4) is 0 Å². The Labute approximate surface area is 177 Å². The second-order valence-electron chi connectivity index (χ2n) is 6.09. The molecule has 3 rings (SSSR count). The quantitative estimate of drug-likeness (QED) is 0.454. The molecule has 0 fully saturated rings. The maximum atomic E-state index is 12.6. The average Bonchev–Trinajstić information content (AvgIpc) is 3.19. The van der Waals surface area contributed by atoms with Gasteiger partial charge in [0.25, 0.3) is 0 Å². The van der Waals surface area contributed by atoms with Gasteiger partial charge in [-0.3, -0.25) is 4.90 Å². The van der Waals surface area contributed by atoms with E-state index < -0.39 is 0 Å². The molecule has 0 aliphatic heterocycles. The summed E-state index contributed by atoms with van der Waals surface area (Å²) in [5, 5.41) is 2.85. The fourth-order valence-electron chi connectivity index (χ4n) is 2.57. The number of carbonyl (C=O) groups excluding carboxylic acids is 1. The standard InChI is InChI=1S/C21H21BrN2O3S/c1-26-11-10-24(21(25)27-14-16-6-3-2-4-7-16)13-20-23-19(15-28-20)17-8-5-9-18(22)12-17/h2-9,12,15H,10-11,13-14H2,1H3.